The van der Waals surface area contributed by atoms with Gasteiger partial charge >= 0.3 is 0 Å². The summed E-state index contributed by atoms with van der Waals surface area (Å²) >= 11 is 0. The fourth-order valence-corrected chi connectivity index (χ4v) is 1.78. The van der Waals surface area contributed by atoms with E-state index < -0.39 is 0 Å². The van der Waals surface area contributed by atoms with E-state index in [9.17, 15) is 0 Å². The summed E-state index contributed by atoms with van der Waals surface area (Å²) in [6, 6.07) is 16.3. The van der Waals surface area contributed by atoms with Crippen molar-refractivity contribution in [2.45, 2.75) is 6.92 Å². The third-order valence-corrected chi connectivity index (χ3v) is 2.65. The number of nitrogens with zero attached hydrogens (tertiary/aromatic N) is 1. The second kappa shape index (κ2) is 3.94. The summed E-state index contributed by atoms with van der Waals surface area (Å²) in [7, 11) is 0. The molecule has 0 atom stereocenters. The van der Waals surface area contributed by atoms with Crippen molar-refractivity contribution < 1.29 is 4.42 Å². The number of benzene rings is 2. The summed E-state index contributed by atoms with van der Waals surface area (Å²) in [6.07, 6.45) is 0. The minimum absolute atomic E-state index is 0.528. The van der Waals surface area contributed by atoms with Crippen LogP contribution in [0.2, 0.25) is 0 Å². The van der Waals surface area contributed by atoms with Crippen LogP contribution in [0.3, 0.4) is 0 Å². The zero-order valence-corrected chi connectivity index (χ0v) is 9.47. The lowest BCUT2D eigenvalue weighted by atomic mass is 10.2. The van der Waals surface area contributed by atoms with Crippen molar-refractivity contribution in [1.29, 1.82) is 0 Å². The highest BCUT2D eigenvalue weighted by atomic mass is 16.4. The highest BCUT2D eigenvalue weighted by molar-refractivity contribution is 5.78. The number of anilines is 2. The molecule has 0 aliphatic carbocycles. The minimum atomic E-state index is 0.528. The van der Waals surface area contributed by atoms with Crippen molar-refractivity contribution in [3.05, 3.63) is 54.1 Å². The molecule has 0 saturated carbocycles. The van der Waals surface area contributed by atoms with Crippen molar-refractivity contribution in [2.24, 2.45) is 0 Å². The first kappa shape index (κ1) is 9.90. The lowest BCUT2D eigenvalue weighted by molar-refractivity contribution is 0.623. The number of rotatable bonds is 2. The summed E-state index contributed by atoms with van der Waals surface area (Å²) < 4.78 is 5.63. The van der Waals surface area contributed by atoms with Crippen LogP contribution < -0.4 is 5.32 Å². The molecule has 0 radical (unpaired) electrons. The smallest absolute Gasteiger partial charge is 0.300 e. The normalized spacial score (nSPS) is 10.6. The van der Waals surface area contributed by atoms with Gasteiger partial charge < -0.3 is 9.73 Å². The molecule has 1 N–H and O–H groups in total. The first-order chi connectivity index (χ1) is 8.33. The molecule has 17 heavy (non-hydrogen) atoms. The van der Waals surface area contributed by atoms with Gasteiger partial charge in [0, 0.05) is 5.69 Å². The molecule has 0 amide bonds. The molecule has 1 heterocycles. The standard InChI is InChI=1S/C14H12N2O/c1-10-6-5-9-12-13(10)16-14(17-12)15-11-7-3-2-4-8-11/h2-9H,1H3,(H,15,16). The molecule has 0 bridgehead atoms. The van der Waals surface area contributed by atoms with Gasteiger partial charge in [-0.15, -0.1) is 0 Å². The zero-order valence-electron chi connectivity index (χ0n) is 9.47. The molecule has 0 unspecified atom stereocenters. The Labute approximate surface area is 99.1 Å². The van der Waals surface area contributed by atoms with Gasteiger partial charge in [0.05, 0.1) is 0 Å². The highest BCUT2D eigenvalue weighted by Crippen LogP contribution is 2.23. The Morgan fingerprint density at radius 1 is 1.00 bits per heavy atom. The zero-order chi connectivity index (χ0) is 11.7. The van der Waals surface area contributed by atoms with Crippen LogP contribution in [0.25, 0.3) is 11.1 Å². The van der Waals surface area contributed by atoms with Gasteiger partial charge in [-0.1, -0.05) is 30.3 Å². The molecule has 0 saturated heterocycles. The quantitative estimate of drug-likeness (QED) is 0.717. The summed E-state index contributed by atoms with van der Waals surface area (Å²) in [5, 5.41) is 3.14. The number of para-hydroxylation sites is 2. The number of nitrogens with one attached hydrogen (secondary N) is 1. The predicted octanol–water partition coefficient (Wildman–Crippen LogP) is 3.88. The summed E-state index contributed by atoms with van der Waals surface area (Å²) in [5.74, 6) is 0. The molecular weight excluding hydrogens is 212 g/mol. The molecule has 3 aromatic rings. The van der Waals surface area contributed by atoms with E-state index in [2.05, 4.69) is 10.3 Å². The molecular formula is C14H12N2O. The fraction of sp³-hybridized carbons (Fsp3) is 0.0714. The Balaban J connectivity index is 1.99. The molecule has 0 fully saturated rings. The lowest BCUT2D eigenvalue weighted by Gasteiger charge is -1.98. The Kier molecular flexibility index (Phi) is 2.29. The number of oxazole rings is 1. The van der Waals surface area contributed by atoms with Gasteiger partial charge in [0.1, 0.15) is 5.52 Å². The topological polar surface area (TPSA) is 38.1 Å². The van der Waals surface area contributed by atoms with Crippen molar-refractivity contribution >= 4 is 22.8 Å². The SMILES string of the molecule is Cc1cccc2oc(Nc3ccccc3)nc12. The molecule has 84 valence electrons. The second-order valence-electron chi connectivity index (χ2n) is 3.93. The maximum absolute atomic E-state index is 5.63. The van der Waals surface area contributed by atoms with Crippen molar-refractivity contribution in [2.75, 3.05) is 5.32 Å². The van der Waals surface area contributed by atoms with E-state index in [0.717, 1.165) is 22.4 Å². The Hall–Kier alpha value is -2.29. The fourth-order valence-electron chi connectivity index (χ4n) is 1.78. The third-order valence-electron chi connectivity index (χ3n) is 2.65. The summed E-state index contributed by atoms with van der Waals surface area (Å²) in [5.41, 5.74) is 3.80. The van der Waals surface area contributed by atoms with Gasteiger partial charge in [-0.3, -0.25) is 0 Å². The number of hydrogen-bond donors (Lipinski definition) is 1. The van der Waals surface area contributed by atoms with E-state index in [0.29, 0.717) is 6.01 Å². The monoisotopic (exact) mass is 224 g/mol. The Morgan fingerprint density at radius 2 is 1.82 bits per heavy atom. The van der Waals surface area contributed by atoms with Gasteiger partial charge in [-0.25, -0.2) is 0 Å². The van der Waals surface area contributed by atoms with Crippen LogP contribution in [0.5, 0.6) is 0 Å². The third kappa shape index (κ3) is 1.87. The molecule has 2 aromatic carbocycles. The van der Waals surface area contributed by atoms with Gasteiger partial charge in [-0.2, -0.15) is 4.98 Å². The van der Waals surface area contributed by atoms with Crippen LogP contribution in [0.4, 0.5) is 11.7 Å². The van der Waals surface area contributed by atoms with Crippen LogP contribution in [-0.4, -0.2) is 4.98 Å². The number of fused-ring (bicyclic) bond motifs is 1. The van der Waals surface area contributed by atoms with Crippen LogP contribution in [0.1, 0.15) is 5.56 Å². The molecule has 3 heteroatoms. The largest absolute Gasteiger partial charge is 0.423 e. The van der Waals surface area contributed by atoms with Crippen LogP contribution in [-0.2, 0) is 0 Å². The predicted molar refractivity (Wildman–Crippen MR) is 68.5 cm³/mol. The Bertz CT molecular complexity index is 644. The van der Waals surface area contributed by atoms with Gasteiger partial charge in [0.15, 0.2) is 5.58 Å². The van der Waals surface area contributed by atoms with Crippen LogP contribution in [0, 0.1) is 6.92 Å². The summed E-state index contributed by atoms with van der Waals surface area (Å²) in [4.78, 5) is 4.43. The van der Waals surface area contributed by atoms with E-state index in [4.69, 9.17) is 4.42 Å². The number of hydrogen-bond acceptors (Lipinski definition) is 3. The first-order valence-corrected chi connectivity index (χ1v) is 5.51. The molecule has 3 rings (SSSR count). The average molecular weight is 224 g/mol. The molecule has 1 aromatic heterocycles. The van der Waals surface area contributed by atoms with Gasteiger partial charge in [0.2, 0.25) is 0 Å². The van der Waals surface area contributed by atoms with Gasteiger partial charge in [0.25, 0.3) is 6.01 Å². The average Bonchev–Trinajstić information content (AvgIpc) is 2.74. The van der Waals surface area contributed by atoms with Crippen molar-refractivity contribution in [1.82, 2.24) is 4.98 Å². The number of aryl methyl sites for hydroxylation is 1. The van der Waals surface area contributed by atoms with E-state index in [1.165, 1.54) is 0 Å². The van der Waals surface area contributed by atoms with E-state index in [1.54, 1.807) is 0 Å². The first-order valence-electron chi connectivity index (χ1n) is 5.51. The maximum atomic E-state index is 5.63. The molecule has 0 spiro atoms. The molecule has 0 aliphatic rings. The molecule has 0 aliphatic heterocycles. The summed E-state index contributed by atoms with van der Waals surface area (Å²) in [6.45, 7) is 2.02. The Morgan fingerprint density at radius 3 is 2.59 bits per heavy atom. The van der Waals surface area contributed by atoms with E-state index in [1.807, 2.05) is 55.5 Å². The minimum Gasteiger partial charge on any atom is -0.423 e. The van der Waals surface area contributed by atoms with E-state index >= 15 is 0 Å². The number of aromatic nitrogens is 1. The lowest BCUT2D eigenvalue weighted by Crippen LogP contribution is -1.88. The molecule has 3 nitrogen and oxygen atoms in total. The van der Waals surface area contributed by atoms with Crippen molar-refractivity contribution in [3.63, 3.8) is 0 Å². The van der Waals surface area contributed by atoms with Crippen LogP contribution in [0.15, 0.2) is 52.9 Å². The highest BCUT2D eigenvalue weighted by Gasteiger charge is 2.06. The maximum Gasteiger partial charge on any atom is 0.300 e. The van der Waals surface area contributed by atoms with E-state index in [-0.39, 0.29) is 0 Å². The van der Waals surface area contributed by atoms with Crippen molar-refractivity contribution in [3.8, 4) is 0 Å². The second-order valence-corrected chi connectivity index (χ2v) is 3.93. The van der Waals surface area contributed by atoms with Gasteiger partial charge in [-0.05, 0) is 30.7 Å². The van der Waals surface area contributed by atoms with Crippen LogP contribution >= 0.6 is 0 Å².